The average Bonchev–Trinajstić information content (AvgIpc) is 2.39. The summed E-state index contributed by atoms with van der Waals surface area (Å²) in [4.78, 5) is 0. The second kappa shape index (κ2) is 6.29. The fourth-order valence-corrected chi connectivity index (χ4v) is 2.79. The molecule has 1 atom stereocenters. The van der Waals surface area contributed by atoms with Crippen LogP contribution in [0.5, 0.6) is 0 Å². The lowest BCUT2D eigenvalue weighted by atomic mass is 10.1. The van der Waals surface area contributed by atoms with Crippen LogP contribution in [0.25, 0.3) is 0 Å². The molecule has 1 N–H and O–H groups in total. The number of hydrogen-bond acceptors (Lipinski definition) is 1. The minimum Gasteiger partial charge on any atom is -0.378 e. The van der Waals surface area contributed by atoms with Crippen molar-refractivity contribution in [1.29, 1.82) is 0 Å². The Kier molecular flexibility index (Phi) is 4.89. The van der Waals surface area contributed by atoms with Crippen molar-refractivity contribution < 1.29 is 8.78 Å². The Bertz CT molecular complexity index is 649. The van der Waals surface area contributed by atoms with Gasteiger partial charge in [-0.3, -0.25) is 0 Å². The van der Waals surface area contributed by atoms with E-state index in [1.807, 2.05) is 0 Å². The molecule has 106 valence electrons. The SMILES string of the molecule is CC(Nc1ccc(Br)c(F)c1)c1c(Cl)ccc(F)c1Cl. The third kappa shape index (κ3) is 3.25. The highest BCUT2D eigenvalue weighted by atomic mass is 79.9. The van der Waals surface area contributed by atoms with Crippen molar-refractivity contribution in [1.82, 2.24) is 0 Å². The van der Waals surface area contributed by atoms with Crippen LogP contribution in [0, 0.1) is 11.6 Å². The molecule has 20 heavy (non-hydrogen) atoms. The van der Waals surface area contributed by atoms with Gasteiger partial charge in [-0.2, -0.15) is 0 Å². The van der Waals surface area contributed by atoms with E-state index >= 15 is 0 Å². The van der Waals surface area contributed by atoms with Gasteiger partial charge in [0.1, 0.15) is 11.6 Å². The Morgan fingerprint density at radius 1 is 1.10 bits per heavy atom. The topological polar surface area (TPSA) is 12.0 Å². The first kappa shape index (κ1) is 15.5. The molecule has 0 aliphatic heterocycles. The molecule has 0 bridgehead atoms. The van der Waals surface area contributed by atoms with Crippen LogP contribution in [0.2, 0.25) is 10.0 Å². The molecule has 0 saturated carbocycles. The first-order valence-electron chi connectivity index (χ1n) is 5.75. The van der Waals surface area contributed by atoms with Crippen molar-refractivity contribution in [2.45, 2.75) is 13.0 Å². The van der Waals surface area contributed by atoms with Crippen molar-refractivity contribution in [2.75, 3.05) is 5.32 Å². The fourth-order valence-electron chi connectivity index (χ4n) is 1.85. The quantitative estimate of drug-likeness (QED) is 0.624. The smallest absolute Gasteiger partial charge is 0.142 e. The monoisotopic (exact) mass is 379 g/mol. The second-order valence-electron chi connectivity index (χ2n) is 4.25. The van der Waals surface area contributed by atoms with Crippen molar-refractivity contribution >= 4 is 44.8 Å². The molecule has 2 rings (SSSR count). The molecule has 0 spiro atoms. The molecule has 1 nitrogen and oxygen atoms in total. The van der Waals surface area contributed by atoms with Gasteiger partial charge in [-0.15, -0.1) is 0 Å². The van der Waals surface area contributed by atoms with Crippen molar-refractivity contribution in [3.05, 3.63) is 62.0 Å². The van der Waals surface area contributed by atoms with Crippen LogP contribution in [0.1, 0.15) is 18.5 Å². The lowest BCUT2D eigenvalue weighted by molar-refractivity contribution is 0.620. The average molecular weight is 381 g/mol. The van der Waals surface area contributed by atoms with Gasteiger partial charge in [-0.1, -0.05) is 23.2 Å². The summed E-state index contributed by atoms with van der Waals surface area (Å²) in [5, 5.41) is 3.36. The normalized spacial score (nSPS) is 12.3. The van der Waals surface area contributed by atoms with E-state index in [2.05, 4.69) is 21.2 Å². The molecule has 0 fully saturated rings. The van der Waals surface area contributed by atoms with Crippen LogP contribution in [-0.2, 0) is 0 Å². The molecule has 0 aliphatic carbocycles. The van der Waals surface area contributed by atoms with Gasteiger partial charge in [0.2, 0.25) is 0 Å². The highest BCUT2D eigenvalue weighted by Crippen LogP contribution is 2.34. The number of halogens is 5. The van der Waals surface area contributed by atoms with Crippen LogP contribution in [0.4, 0.5) is 14.5 Å². The highest BCUT2D eigenvalue weighted by Gasteiger charge is 2.17. The van der Waals surface area contributed by atoms with Crippen LogP contribution in [-0.4, -0.2) is 0 Å². The predicted molar refractivity (Wildman–Crippen MR) is 82.6 cm³/mol. The zero-order valence-corrected chi connectivity index (χ0v) is 13.5. The van der Waals surface area contributed by atoms with E-state index in [0.29, 0.717) is 20.7 Å². The lowest BCUT2D eigenvalue weighted by Gasteiger charge is -2.19. The van der Waals surface area contributed by atoms with E-state index in [-0.39, 0.29) is 11.1 Å². The number of anilines is 1. The Balaban J connectivity index is 2.30. The minimum absolute atomic E-state index is 0.0323. The molecule has 0 saturated heterocycles. The first-order chi connectivity index (χ1) is 9.40. The van der Waals surface area contributed by atoms with Gasteiger partial charge < -0.3 is 5.32 Å². The number of rotatable bonds is 3. The van der Waals surface area contributed by atoms with Crippen molar-refractivity contribution in [3.8, 4) is 0 Å². The second-order valence-corrected chi connectivity index (χ2v) is 5.89. The molecule has 0 radical (unpaired) electrons. The van der Waals surface area contributed by atoms with E-state index < -0.39 is 11.6 Å². The van der Waals surface area contributed by atoms with Gasteiger partial charge in [-0.25, -0.2) is 8.78 Å². The Morgan fingerprint density at radius 3 is 2.45 bits per heavy atom. The van der Waals surface area contributed by atoms with Gasteiger partial charge in [-0.05, 0) is 53.2 Å². The summed E-state index contributed by atoms with van der Waals surface area (Å²) in [6, 6.07) is 6.90. The van der Waals surface area contributed by atoms with E-state index in [0.717, 1.165) is 0 Å². The summed E-state index contributed by atoms with van der Waals surface area (Å²) in [6.45, 7) is 1.77. The third-order valence-electron chi connectivity index (χ3n) is 2.82. The summed E-state index contributed by atoms with van der Waals surface area (Å²) in [5.74, 6) is -0.930. The molecule has 0 aromatic heterocycles. The maximum Gasteiger partial charge on any atom is 0.142 e. The van der Waals surface area contributed by atoms with Crippen LogP contribution < -0.4 is 5.32 Å². The van der Waals surface area contributed by atoms with E-state index in [4.69, 9.17) is 23.2 Å². The van der Waals surface area contributed by atoms with Gasteiger partial charge in [0.05, 0.1) is 15.5 Å². The highest BCUT2D eigenvalue weighted by molar-refractivity contribution is 9.10. The molecule has 1 unspecified atom stereocenters. The molecule has 0 heterocycles. The molecule has 6 heteroatoms. The zero-order chi connectivity index (χ0) is 14.9. The Labute approximate surface area is 134 Å². The van der Waals surface area contributed by atoms with Crippen LogP contribution in [0.3, 0.4) is 0 Å². The fraction of sp³-hybridized carbons (Fsp3) is 0.143. The minimum atomic E-state index is -0.540. The van der Waals surface area contributed by atoms with Crippen LogP contribution >= 0.6 is 39.1 Å². The Hall–Kier alpha value is -0.840. The maximum absolute atomic E-state index is 13.5. The van der Waals surface area contributed by atoms with Crippen LogP contribution in [0.15, 0.2) is 34.8 Å². The van der Waals surface area contributed by atoms with Gasteiger partial charge >= 0.3 is 0 Å². The van der Waals surface area contributed by atoms with Gasteiger partial charge in [0.15, 0.2) is 0 Å². The predicted octanol–water partition coefficient (Wildman–Crippen LogP) is 6.21. The van der Waals surface area contributed by atoms with E-state index in [1.165, 1.54) is 18.2 Å². The molecular formula is C14H10BrCl2F2N. The van der Waals surface area contributed by atoms with E-state index in [1.54, 1.807) is 19.1 Å². The number of hydrogen-bond donors (Lipinski definition) is 1. The maximum atomic E-state index is 13.5. The Morgan fingerprint density at radius 2 is 1.80 bits per heavy atom. The molecule has 0 amide bonds. The van der Waals surface area contributed by atoms with Crippen molar-refractivity contribution in [2.24, 2.45) is 0 Å². The van der Waals surface area contributed by atoms with Gasteiger partial charge in [0.25, 0.3) is 0 Å². The molecule has 0 aliphatic rings. The molecule has 2 aromatic rings. The summed E-state index contributed by atoms with van der Waals surface area (Å²) in [5.41, 5.74) is 0.992. The summed E-state index contributed by atoms with van der Waals surface area (Å²) in [7, 11) is 0. The number of benzene rings is 2. The van der Waals surface area contributed by atoms with Crippen molar-refractivity contribution in [3.63, 3.8) is 0 Å². The molecular weight excluding hydrogens is 371 g/mol. The standard InChI is InChI=1S/C14H10BrCl2F2N/c1-7(13-10(16)4-5-11(18)14(13)17)20-8-2-3-9(15)12(19)6-8/h2-7,20H,1H3. The summed E-state index contributed by atoms with van der Waals surface area (Å²) >= 11 is 15.1. The zero-order valence-electron chi connectivity index (χ0n) is 10.4. The molecule has 2 aromatic carbocycles. The summed E-state index contributed by atoms with van der Waals surface area (Å²) < 4.78 is 27.3. The van der Waals surface area contributed by atoms with Gasteiger partial charge in [0, 0.05) is 16.3 Å². The third-order valence-corrected chi connectivity index (χ3v) is 4.17. The summed E-state index contributed by atoms with van der Waals surface area (Å²) in [6.07, 6.45) is 0. The first-order valence-corrected chi connectivity index (χ1v) is 7.30. The number of nitrogens with one attached hydrogen (secondary N) is 1. The lowest BCUT2D eigenvalue weighted by Crippen LogP contribution is -2.09. The van der Waals surface area contributed by atoms with E-state index in [9.17, 15) is 8.78 Å². The largest absolute Gasteiger partial charge is 0.378 e.